The summed E-state index contributed by atoms with van der Waals surface area (Å²) in [6.45, 7) is 0.133. The topological polar surface area (TPSA) is 76.3 Å². The van der Waals surface area contributed by atoms with E-state index in [1.807, 2.05) is 0 Å². The van der Waals surface area contributed by atoms with Gasteiger partial charge in [-0.1, -0.05) is 0 Å². The van der Waals surface area contributed by atoms with E-state index in [9.17, 15) is 8.42 Å². The molecule has 6 heteroatoms. The maximum absolute atomic E-state index is 12.2. The molecule has 88 valence electrons. The molecule has 1 aliphatic rings. The average Bonchev–Trinajstić information content (AvgIpc) is 3.11. The van der Waals surface area contributed by atoms with Crippen LogP contribution in [0.5, 0.6) is 0 Å². The lowest BCUT2D eigenvalue weighted by Crippen LogP contribution is -2.30. The maximum Gasteiger partial charge on any atom is 0.244 e. The van der Waals surface area contributed by atoms with Gasteiger partial charge in [-0.25, -0.2) is 8.42 Å². The SMILES string of the molecule is CN(C1CC1)S(=O)(=O)c1cccnc1CN. The fraction of sp³-hybridized carbons (Fsp3) is 0.500. The van der Waals surface area contributed by atoms with E-state index in [1.165, 1.54) is 4.31 Å². The molecule has 1 aromatic rings. The lowest BCUT2D eigenvalue weighted by molar-refractivity contribution is 0.463. The van der Waals surface area contributed by atoms with E-state index in [4.69, 9.17) is 5.73 Å². The number of hydrogen-bond donors (Lipinski definition) is 1. The van der Waals surface area contributed by atoms with Gasteiger partial charge in [0.15, 0.2) is 0 Å². The standard InChI is InChI=1S/C10H15N3O2S/c1-13(8-4-5-8)16(14,15)10-3-2-6-12-9(10)7-11/h2-3,6,8H,4-5,7,11H2,1H3. The van der Waals surface area contributed by atoms with Crippen molar-refractivity contribution in [3.63, 3.8) is 0 Å². The van der Waals surface area contributed by atoms with Gasteiger partial charge >= 0.3 is 0 Å². The molecule has 0 aliphatic heterocycles. The summed E-state index contributed by atoms with van der Waals surface area (Å²) in [5, 5.41) is 0. The molecular weight excluding hydrogens is 226 g/mol. The van der Waals surface area contributed by atoms with Crippen LogP contribution in [0.4, 0.5) is 0 Å². The van der Waals surface area contributed by atoms with Crippen molar-refractivity contribution in [3.8, 4) is 0 Å². The van der Waals surface area contributed by atoms with Crippen LogP contribution in [-0.2, 0) is 16.6 Å². The largest absolute Gasteiger partial charge is 0.325 e. The summed E-state index contributed by atoms with van der Waals surface area (Å²) >= 11 is 0. The van der Waals surface area contributed by atoms with Gasteiger partial charge in [0.1, 0.15) is 4.90 Å². The van der Waals surface area contributed by atoms with Gasteiger partial charge in [-0.15, -0.1) is 0 Å². The quantitative estimate of drug-likeness (QED) is 0.823. The Balaban J connectivity index is 2.41. The van der Waals surface area contributed by atoms with E-state index >= 15 is 0 Å². The molecule has 2 rings (SSSR count). The Morgan fingerprint density at radius 3 is 2.81 bits per heavy atom. The van der Waals surface area contributed by atoms with Crippen LogP contribution in [-0.4, -0.2) is 30.8 Å². The van der Waals surface area contributed by atoms with E-state index < -0.39 is 10.0 Å². The second-order valence-electron chi connectivity index (χ2n) is 3.90. The highest BCUT2D eigenvalue weighted by Crippen LogP contribution is 2.30. The Bertz CT molecular complexity index is 483. The van der Waals surface area contributed by atoms with Crippen molar-refractivity contribution in [2.45, 2.75) is 30.3 Å². The molecule has 0 saturated heterocycles. The molecule has 16 heavy (non-hydrogen) atoms. The molecule has 1 heterocycles. The predicted octanol–water partition coefficient (Wildman–Crippen LogP) is 0.323. The minimum Gasteiger partial charge on any atom is -0.325 e. The molecule has 0 unspecified atom stereocenters. The summed E-state index contributed by atoms with van der Waals surface area (Å²) in [5.74, 6) is 0. The number of aromatic nitrogens is 1. The normalized spacial score (nSPS) is 16.7. The number of hydrogen-bond acceptors (Lipinski definition) is 4. The fourth-order valence-corrected chi connectivity index (χ4v) is 3.20. The van der Waals surface area contributed by atoms with Crippen LogP contribution < -0.4 is 5.73 Å². The molecule has 5 nitrogen and oxygen atoms in total. The third kappa shape index (κ3) is 1.95. The van der Waals surface area contributed by atoms with Gasteiger partial charge < -0.3 is 5.73 Å². The summed E-state index contributed by atoms with van der Waals surface area (Å²) in [4.78, 5) is 4.22. The molecule has 0 amide bonds. The maximum atomic E-state index is 12.2. The molecule has 0 spiro atoms. The summed E-state index contributed by atoms with van der Waals surface area (Å²) in [6, 6.07) is 3.33. The lowest BCUT2D eigenvalue weighted by Gasteiger charge is -2.17. The van der Waals surface area contributed by atoms with Crippen molar-refractivity contribution < 1.29 is 8.42 Å². The van der Waals surface area contributed by atoms with Gasteiger partial charge in [-0.3, -0.25) is 4.98 Å². The zero-order valence-electron chi connectivity index (χ0n) is 9.13. The van der Waals surface area contributed by atoms with Gasteiger partial charge in [0, 0.05) is 25.8 Å². The van der Waals surface area contributed by atoms with E-state index in [0.717, 1.165) is 12.8 Å². The number of pyridine rings is 1. The number of rotatable bonds is 4. The Morgan fingerprint density at radius 2 is 2.25 bits per heavy atom. The molecule has 0 atom stereocenters. The van der Waals surface area contributed by atoms with Crippen molar-refractivity contribution in [2.24, 2.45) is 5.73 Å². The van der Waals surface area contributed by atoms with Gasteiger partial charge in [-0.05, 0) is 25.0 Å². The summed E-state index contributed by atoms with van der Waals surface area (Å²) in [5.41, 5.74) is 5.92. The fourth-order valence-electron chi connectivity index (χ4n) is 1.60. The first-order chi connectivity index (χ1) is 7.57. The van der Waals surface area contributed by atoms with Crippen molar-refractivity contribution in [2.75, 3.05) is 7.05 Å². The zero-order valence-corrected chi connectivity index (χ0v) is 9.94. The third-order valence-corrected chi connectivity index (χ3v) is 4.74. The minimum atomic E-state index is -3.43. The molecule has 1 aromatic heterocycles. The number of nitrogens with zero attached hydrogens (tertiary/aromatic N) is 2. The summed E-state index contributed by atoms with van der Waals surface area (Å²) < 4.78 is 25.9. The van der Waals surface area contributed by atoms with Crippen molar-refractivity contribution in [1.29, 1.82) is 0 Å². The smallest absolute Gasteiger partial charge is 0.244 e. The molecular formula is C10H15N3O2S. The van der Waals surface area contributed by atoms with Crippen LogP contribution in [0, 0.1) is 0 Å². The van der Waals surface area contributed by atoms with Crippen molar-refractivity contribution >= 4 is 10.0 Å². The number of nitrogens with two attached hydrogens (primary N) is 1. The monoisotopic (exact) mass is 241 g/mol. The zero-order chi connectivity index (χ0) is 11.8. The molecule has 0 aromatic carbocycles. The van der Waals surface area contributed by atoms with Crippen LogP contribution in [0.15, 0.2) is 23.2 Å². The van der Waals surface area contributed by atoms with Gasteiger partial charge in [0.25, 0.3) is 0 Å². The molecule has 0 radical (unpaired) electrons. The van der Waals surface area contributed by atoms with Crippen LogP contribution >= 0.6 is 0 Å². The minimum absolute atomic E-state index is 0.133. The molecule has 1 fully saturated rings. The first kappa shape index (κ1) is 11.5. The lowest BCUT2D eigenvalue weighted by atomic mass is 10.3. The molecule has 2 N–H and O–H groups in total. The van der Waals surface area contributed by atoms with E-state index in [-0.39, 0.29) is 17.5 Å². The summed E-state index contributed by atoms with van der Waals surface area (Å²) in [7, 11) is -1.82. The van der Waals surface area contributed by atoms with Crippen LogP contribution in [0.1, 0.15) is 18.5 Å². The molecule has 1 aliphatic carbocycles. The number of sulfonamides is 1. The third-order valence-electron chi connectivity index (χ3n) is 2.76. The van der Waals surface area contributed by atoms with Gasteiger partial charge in [-0.2, -0.15) is 4.31 Å². The summed E-state index contributed by atoms with van der Waals surface area (Å²) in [6.07, 6.45) is 3.43. The second kappa shape index (κ2) is 4.12. The van der Waals surface area contributed by atoms with Gasteiger partial charge in [0.05, 0.1) is 5.69 Å². The Morgan fingerprint density at radius 1 is 1.56 bits per heavy atom. The first-order valence-corrected chi connectivity index (χ1v) is 6.63. The Kier molecular flexibility index (Phi) is 2.96. The average molecular weight is 241 g/mol. The molecule has 1 saturated carbocycles. The van der Waals surface area contributed by atoms with Crippen LogP contribution in [0.2, 0.25) is 0 Å². The Labute approximate surface area is 95.3 Å². The highest BCUT2D eigenvalue weighted by molar-refractivity contribution is 7.89. The van der Waals surface area contributed by atoms with Crippen LogP contribution in [0.25, 0.3) is 0 Å². The van der Waals surface area contributed by atoms with Crippen molar-refractivity contribution in [1.82, 2.24) is 9.29 Å². The van der Waals surface area contributed by atoms with Gasteiger partial charge in [0.2, 0.25) is 10.0 Å². The first-order valence-electron chi connectivity index (χ1n) is 5.19. The second-order valence-corrected chi connectivity index (χ2v) is 5.87. The molecule has 0 bridgehead atoms. The van der Waals surface area contributed by atoms with Crippen molar-refractivity contribution in [3.05, 3.63) is 24.0 Å². The van der Waals surface area contributed by atoms with Crippen LogP contribution in [0.3, 0.4) is 0 Å². The van der Waals surface area contributed by atoms with E-state index in [2.05, 4.69) is 4.98 Å². The Hall–Kier alpha value is -0.980. The van der Waals surface area contributed by atoms with E-state index in [0.29, 0.717) is 5.69 Å². The predicted molar refractivity (Wildman–Crippen MR) is 60.1 cm³/mol. The van der Waals surface area contributed by atoms with E-state index in [1.54, 1.807) is 25.4 Å². The highest BCUT2D eigenvalue weighted by atomic mass is 32.2. The highest BCUT2D eigenvalue weighted by Gasteiger charge is 2.36.